The van der Waals surface area contributed by atoms with Crippen molar-refractivity contribution in [3.8, 4) is 0 Å². The van der Waals surface area contributed by atoms with E-state index in [-0.39, 0.29) is 25.0 Å². The predicted octanol–water partition coefficient (Wildman–Crippen LogP) is 0.588. The van der Waals surface area contributed by atoms with Gasteiger partial charge in [-0.25, -0.2) is 5.43 Å². The number of carbonyl (C=O) groups is 4. The van der Waals surface area contributed by atoms with E-state index in [9.17, 15) is 19.2 Å². The standard InChI is InChI=1S/C22H25N5O6/c1-14-4-6-15(7-5-14)26-21(30)19(28)24-12-17-8-9-18(33-17)13-25-27-22(31)20(29)23-11-16-3-2-10-32-16/h4-9,13,16H,2-3,10-12H2,1H3,(H,23,29)(H,24,28)(H,26,30)(H,27,31)/b25-13+/t16-/m1/s1. The normalized spacial score (nSPS) is 15.2. The van der Waals surface area contributed by atoms with Gasteiger partial charge in [0.05, 0.1) is 18.9 Å². The van der Waals surface area contributed by atoms with Gasteiger partial charge in [0.2, 0.25) is 0 Å². The smallest absolute Gasteiger partial charge is 0.329 e. The van der Waals surface area contributed by atoms with Gasteiger partial charge in [-0.05, 0) is 44.0 Å². The summed E-state index contributed by atoms with van der Waals surface area (Å²) >= 11 is 0. The minimum atomic E-state index is -0.914. The number of furan rings is 1. The van der Waals surface area contributed by atoms with Gasteiger partial charge >= 0.3 is 23.6 Å². The van der Waals surface area contributed by atoms with Gasteiger partial charge in [0.1, 0.15) is 11.5 Å². The van der Waals surface area contributed by atoms with Crippen LogP contribution in [-0.2, 0) is 30.5 Å². The van der Waals surface area contributed by atoms with Crippen molar-refractivity contribution in [1.29, 1.82) is 0 Å². The van der Waals surface area contributed by atoms with E-state index in [1.54, 1.807) is 24.3 Å². The maximum atomic E-state index is 12.0. The molecule has 4 amide bonds. The molecule has 1 fully saturated rings. The topological polar surface area (TPSA) is 151 Å². The molecule has 1 atom stereocenters. The van der Waals surface area contributed by atoms with Crippen molar-refractivity contribution < 1.29 is 28.3 Å². The van der Waals surface area contributed by atoms with Crippen LogP contribution in [0.3, 0.4) is 0 Å². The van der Waals surface area contributed by atoms with E-state index >= 15 is 0 Å². The van der Waals surface area contributed by atoms with Crippen LogP contribution in [0.2, 0.25) is 0 Å². The van der Waals surface area contributed by atoms with Gasteiger partial charge in [-0.15, -0.1) is 0 Å². The van der Waals surface area contributed by atoms with Crippen molar-refractivity contribution in [3.05, 3.63) is 53.5 Å². The number of benzene rings is 1. The summed E-state index contributed by atoms with van der Waals surface area (Å²) in [5, 5.41) is 11.1. The summed E-state index contributed by atoms with van der Waals surface area (Å²) < 4.78 is 10.8. The molecule has 1 aliphatic heterocycles. The Balaban J connectivity index is 1.38. The number of amides is 4. The summed E-state index contributed by atoms with van der Waals surface area (Å²) in [5.74, 6) is -2.69. The highest BCUT2D eigenvalue weighted by atomic mass is 16.5. The first-order chi connectivity index (χ1) is 15.9. The zero-order valence-corrected chi connectivity index (χ0v) is 18.1. The second-order valence-corrected chi connectivity index (χ2v) is 7.35. The maximum absolute atomic E-state index is 12.0. The van der Waals surface area contributed by atoms with Gasteiger partial charge < -0.3 is 25.1 Å². The molecule has 1 aromatic carbocycles. The van der Waals surface area contributed by atoms with Crippen molar-refractivity contribution in [3.63, 3.8) is 0 Å². The number of carbonyl (C=O) groups excluding carboxylic acids is 4. The Labute approximate surface area is 189 Å². The first-order valence-corrected chi connectivity index (χ1v) is 10.4. The highest BCUT2D eigenvalue weighted by Crippen LogP contribution is 2.10. The number of nitrogens with zero attached hydrogens (tertiary/aromatic N) is 1. The minimum Gasteiger partial charge on any atom is -0.458 e. The quantitative estimate of drug-likeness (QED) is 0.272. The molecule has 0 aliphatic carbocycles. The van der Waals surface area contributed by atoms with Crippen molar-refractivity contribution >= 4 is 35.5 Å². The Morgan fingerprint density at radius 3 is 2.48 bits per heavy atom. The van der Waals surface area contributed by atoms with Gasteiger partial charge in [0.15, 0.2) is 0 Å². The van der Waals surface area contributed by atoms with Gasteiger partial charge in [0, 0.05) is 18.8 Å². The van der Waals surface area contributed by atoms with Gasteiger partial charge in [-0.2, -0.15) is 5.10 Å². The van der Waals surface area contributed by atoms with E-state index in [0.717, 1.165) is 18.4 Å². The molecule has 0 unspecified atom stereocenters. The molecule has 2 aromatic rings. The average Bonchev–Trinajstić information content (AvgIpc) is 3.49. The second kappa shape index (κ2) is 11.6. The molecule has 174 valence electrons. The first kappa shape index (κ1) is 23.7. The number of hydrazone groups is 1. The van der Waals surface area contributed by atoms with Crippen LogP contribution in [0.1, 0.15) is 29.9 Å². The third-order valence-electron chi connectivity index (χ3n) is 4.70. The Morgan fingerprint density at radius 2 is 1.76 bits per heavy atom. The monoisotopic (exact) mass is 455 g/mol. The average molecular weight is 455 g/mol. The lowest BCUT2D eigenvalue weighted by Gasteiger charge is -2.09. The Morgan fingerprint density at radius 1 is 1.00 bits per heavy atom. The summed E-state index contributed by atoms with van der Waals surface area (Å²) in [6.07, 6.45) is 2.92. The Bertz CT molecular complexity index is 1020. The zero-order valence-electron chi connectivity index (χ0n) is 18.1. The van der Waals surface area contributed by atoms with E-state index < -0.39 is 23.6 Å². The van der Waals surface area contributed by atoms with E-state index in [0.29, 0.717) is 18.1 Å². The fourth-order valence-electron chi connectivity index (χ4n) is 2.93. The number of hydrogen-bond acceptors (Lipinski definition) is 7. The Hall–Kier alpha value is -3.99. The fourth-order valence-corrected chi connectivity index (χ4v) is 2.93. The molecule has 1 aliphatic rings. The zero-order chi connectivity index (χ0) is 23.6. The molecule has 0 radical (unpaired) electrons. The molecule has 4 N–H and O–H groups in total. The highest BCUT2D eigenvalue weighted by molar-refractivity contribution is 6.39. The van der Waals surface area contributed by atoms with Crippen LogP contribution in [0.15, 0.2) is 45.9 Å². The fraction of sp³-hybridized carbons (Fsp3) is 0.318. The Kier molecular flexibility index (Phi) is 8.30. The molecular formula is C22H25N5O6. The minimum absolute atomic E-state index is 0.0218. The van der Waals surface area contributed by atoms with E-state index in [4.69, 9.17) is 9.15 Å². The lowest BCUT2D eigenvalue weighted by atomic mass is 10.2. The molecule has 0 saturated carbocycles. The van der Waals surface area contributed by atoms with Crippen LogP contribution in [-0.4, -0.2) is 49.1 Å². The van der Waals surface area contributed by atoms with E-state index in [1.807, 2.05) is 19.1 Å². The van der Waals surface area contributed by atoms with Crippen LogP contribution >= 0.6 is 0 Å². The number of rotatable bonds is 7. The lowest BCUT2D eigenvalue weighted by Crippen LogP contribution is -2.41. The number of hydrogen-bond donors (Lipinski definition) is 4. The van der Waals surface area contributed by atoms with Crippen molar-refractivity contribution in [2.75, 3.05) is 18.5 Å². The van der Waals surface area contributed by atoms with Gasteiger partial charge in [0.25, 0.3) is 0 Å². The molecule has 1 saturated heterocycles. The summed E-state index contributed by atoms with van der Waals surface area (Å²) in [6, 6.07) is 10.2. The molecule has 1 aromatic heterocycles. The molecule has 2 heterocycles. The van der Waals surface area contributed by atoms with Crippen LogP contribution in [0.25, 0.3) is 0 Å². The van der Waals surface area contributed by atoms with Gasteiger partial charge in [-0.3, -0.25) is 19.2 Å². The largest absolute Gasteiger partial charge is 0.458 e. The van der Waals surface area contributed by atoms with Crippen LogP contribution in [0, 0.1) is 6.92 Å². The molecular weight excluding hydrogens is 430 g/mol. The number of aryl methyl sites for hydroxylation is 1. The van der Waals surface area contributed by atoms with Crippen LogP contribution in [0.5, 0.6) is 0 Å². The van der Waals surface area contributed by atoms with E-state index in [2.05, 4.69) is 26.5 Å². The molecule has 11 nitrogen and oxygen atoms in total. The molecule has 0 bridgehead atoms. The third kappa shape index (κ3) is 7.58. The van der Waals surface area contributed by atoms with Gasteiger partial charge in [-0.1, -0.05) is 17.7 Å². The van der Waals surface area contributed by atoms with Crippen LogP contribution < -0.4 is 21.4 Å². The second-order valence-electron chi connectivity index (χ2n) is 7.35. The first-order valence-electron chi connectivity index (χ1n) is 10.4. The third-order valence-corrected chi connectivity index (χ3v) is 4.70. The van der Waals surface area contributed by atoms with Crippen molar-refractivity contribution in [2.45, 2.75) is 32.4 Å². The summed E-state index contributed by atoms with van der Waals surface area (Å²) in [4.78, 5) is 47.4. The highest BCUT2D eigenvalue weighted by Gasteiger charge is 2.19. The molecule has 0 spiro atoms. The van der Waals surface area contributed by atoms with Crippen LogP contribution in [0.4, 0.5) is 5.69 Å². The lowest BCUT2D eigenvalue weighted by molar-refractivity contribution is -0.139. The summed E-state index contributed by atoms with van der Waals surface area (Å²) in [5.41, 5.74) is 3.65. The SMILES string of the molecule is Cc1ccc(NC(=O)C(=O)NCc2ccc(/C=N/NC(=O)C(=O)NC[C@H]3CCCO3)o2)cc1. The number of ether oxygens (including phenoxy) is 1. The van der Waals surface area contributed by atoms with Crippen molar-refractivity contribution in [1.82, 2.24) is 16.1 Å². The molecule has 11 heteroatoms. The predicted molar refractivity (Wildman–Crippen MR) is 118 cm³/mol. The number of anilines is 1. The summed E-state index contributed by atoms with van der Waals surface area (Å²) in [7, 11) is 0. The number of nitrogens with one attached hydrogen (secondary N) is 4. The summed E-state index contributed by atoms with van der Waals surface area (Å²) in [6.45, 7) is 2.82. The molecule has 33 heavy (non-hydrogen) atoms. The molecule has 3 rings (SSSR count). The maximum Gasteiger partial charge on any atom is 0.329 e. The van der Waals surface area contributed by atoms with Crippen molar-refractivity contribution in [2.24, 2.45) is 5.10 Å². The van der Waals surface area contributed by atoms with E-state index in [1.165, 1.54) is 6.21 Å².